The molecule has 1 aliphatic heterocycles. The van der Waals surface area contributed by atoms with Crippen molar-refractivity contribution in [2.75, 3.05) is 11.1 Å². The normalized spacial score (nSPS) is 23.2. The van der Waals surface area contributed by atoms with Crippen molar-refractivity contribution in [2.45, 2.75) is 29.5 Å². The number of benzene rings is 1. The zero-order chi connectivity index (χ0) is 12.5. The van der Waals surface area contributed by atoms with E-state index in [0.29, 0.717) is 12.8 Å². The molecule has 17 heavy (non-hydrogen) atoms. The Hall–Kier alpha value is -0.720. The Balaban J connectivity index is 1.96. The third kappa shape index (κ3) is 3.37. The highest BCUT2D eigenvalue weighted by molar-refractivity contribution is 8.01. The molecule has 0 spiro atoms. The minimum absolute atomic E-state index is 0.179. The Morgan fingerprint density at radius 3 is 2.76 bits per heavy atom. The first-order valence-electron chi connectivity index (χ1n) is 5.39. The van der Waals surface area contributed by atoms with Crippen molar-refractivity contribution in [2.24, 2.45) is 0 Å². The lowest BCUT2D eigenvalue weighted by Gasteiger charge is -2.23. The fraction of sp³-hybridized carbons (Fsp3) is 0.455. The van der Waals surface area contributed by atoms with Crippen LogP contribution in [0.25, 0.3) is 0 Å². The molecule has 1 aromatic rings. The molecule has 0 bridgehead atoms. The van der Waals surface area contributed by atoms with Gasteiger partial charge in [-0.1, -0.05) is 23.9 Å². The number of fused-ring (bicyclic) bond motifs is 1. The summed E-state index contributed by atoms with van der Waals surface area (Å²) < 4.78 is 30.0. The maximum absolute atomic E-state index is 10.7. The van der Waals surface area contributed by atoms with Crippen LogP contribution in [0.5, 0.6) is 0 Å². The summed E-state index contributed by atoms with van der Waals surface area (Å²) in [6.07, 6.45) is 1.13. The number of anilines is 1. The highest BCUT2D eigenvalue weighted by atomic mass is 32.2. The van der Waals surface area contributed by atoms with E-state index in [2.05, 4.69) is 5.32 Å². The number of thioether (sulfide) groups is 1. The van der Waals surface area contributed by atoms with Gasteiger partial charge >= 0.3 is 0 Å². The maximum atomic E-state index is 10.7. The Morgan fingerprint density at radius 1 is 1.41 bits per heavy atom. The summed E-state index contributed by atoms with van der Waals surface area (Å²) in [6, 6.07) is 8.01. The van der Waals surface area contributed by atoms with Crippen LogP contribution in [0.3, 0.4) is 0 Å². The van der Waals surface area contributed by atoms with Crippen molar-refractivity contribution in [3.63, 3.8) is 0 Å². The number of hydrogen-bond donors (Lipinski definition) is 2. The van der Waals surface area contributed by atoms with Crippen LogP contribution in [-0.2, 0) is 10.1 Å². The molecule has 94 valence electrons. The van der Waals surface area contributed by atoms with Crippen LogP contribution in [0.2, 0.25) is 0 Å². The lowest BCUT2D eigenvalue weighted by molar-refractivity contribution is 0.478. The van der Waals surface area contributed by atoms with Gasteiger partial charge in [-0.25, -0.2) is 0 Å². The van der Waals surface area contributed by atoms with Crippen LogP contribution >= 0.6 is 11.8 Å². The van der Waals surface area contributed by atoms with Crippen LogP contribution in [0.15, 0.2) is 29.2 Å². The van der Waals surface area contributed by atoms with E-state index in [9.17, 15) is 8.42 Å². The molecule has 0 saturated carbocycles. The summed E-state index contributed by atoms with van der Waals surface area (Å²) in [5.74, 6) is -0.179. The summed E-state index contributed by atoms with van der Waals surface area (Å²) in [5, 5.41) is 3.38. The van der Waals surface area contributed by atoms with Gasteiger partial charge in [0.15, 0.2) is 0 Å². The van der Waals surface area contributed by atoms with Crippen molar-refractivity contribution >= 4 is 27.6 Å². The van der Waals surface area contributed by atoms with Crippen molar-refractivity contribution in [1.29, 1.82) is 0 Å². The van der Waals surface area contributed by atoms with Crippen molar-refractivity contribution < 1.29 is 13.0 Å². The maximum Gasteiger partial charge on any atom is 0.264 e. The van der Waals surface area contributed by atoms with Crippen molar-refractivity contribution in [3.8, 4) is 0 Å². The Kier molecular flexibility index (Phi) is 3.38. The van der Waals surface area contributed by atoms with Crippen molar-refractivity contribution in [3.05, 3.63) is 24.3 Å². The molecule has 1 aromatic carbocycles. The second-order valence-corrected chi connectivity index (χ2v) is 7.46. The Bertz CT molecular complexity index is 488. The number of nitrogens with one attached hydrogen (secondary N) is 1. The standard InChI is InChI=1S/C11H15NO3S2/c1-11(7-4-8-17(13,14)15)12-9-5-2-3-6-10(9)16-11/h2-3,5-6,12H,4,7-8H2,1H3,(H,13,14,15). The first kappa shape index (κ1) is 12.7. The van der Waals surface area contributed by atoms with Crippen LogP contribution in [-0.4, -0.2) is 23.6 Å². The van der Waals surface area contributed by atoms with Gasteiger partial charge in [0.25, 0.3) is 10.1 Å². The predicted octanol–water partition coefficient (Wildman–Crippen LogP) is 2.59. The minimum atomic E-state index is -3.85. The van der Waals surface area contributed by atoms with E-state index in [1.807, 2.05) is 31.2 Å². The van der Waals surface area contributed by atoms with Crippen molar-refractivity contribution in [1.82, 2.24) is 0 Å². The summed E-state index contributed by atoms with van der Waals surface area (Å²) in [5.41, 5.74) is 1.09. The molecule has 1 aliphatic rings. The molecule has 0 aliphatic carbocycles. The number of para-hydroxylation sites is 1. The summed E-state index contributed by atoms with van der Waals surface area (Å²) in [6.45, 7) is 2.04. The molecule has 1 heterocycles. The SMILES string of the molecule is CC1(CCCS(=O)(=O)O)Nc2ccccc2S1. The third-order valence-corrected chi connectivity index (χ3v) is 4.81. The van der Waals surface area contributed by atoms with E-state index >= 15 is 0 Å². The predicted molar refractivity (Wildman–Crippen MR) is 70.0 cm³/mol. The van der Waals surface area contributed by atoms with Gasteiger partial charge in [-0.15, -0.1) is 0 Å². The van der Waals surface area contributed by atoms with Gasteiger partial charge in [0.2, 0.25) is 0 Å². The van der Waals surface area contributed by atoms with E-state index in [1.165, 1.54) is 4.90 Å². The highest BCUT2D eigenvalue weighted by Crippen LogP contribution is 2.47. The second-order valence-electron chi connectivity index (χ2n) is 4.34. The number of rotatable bonds is 4. The molecular formula is C11H15NO3S2. The molecule has 2 N–H and O–H groups in total. The van der Waals surface area contributed by atoms with Crippen LogP contribution in [0, 0.1) is 0 Å². The average Bonchev–Trinajstić information content (AvgIpc) is 2.51. The zero-order valence-corrected chi connectivity index (χ0v) is 11.1. The largest absolute Gasteiger partial charge is 0.370 e. The Labute approximate surface area is 106 Å². The first-order valence-corrected chi connectivity index (χ1v) is 7.82. The average molecular weight is 273 g/mol. The first-order chi connectivity index (χ1) is 7.88. The summed E-state index contributed by atoms with van der Waals surface area (Å²) >= 11 is 1.70. The quantitative estimate of drug-likeness (QED) is 0.825. The third-order valence-electron chi connectivity index (χ3n) is 2.68. The van der Waals surface area contributed by atoms with E-state index in [-0.39, 0.29) is 10.6 Å². The van der Waals surface area contributed by atoms with E-state index in [4.69, 9.17) is 4.55 Å². The molecule has 6 heteroatoms. The van der Waals surface area contributed by atoms with Crippen LogP contribution < -0.4 is 5.32 Å². The van der Waals surface area contributed by atoms with Gasteiger partial charge in [-0.3, -0.25) is 4.55 Å². The van der Waals surface area contributed by atoms with Gasteiger partial charge in [0.05, 0.1) is 10.6 Å². The van der Waals surface area contributed by atoms with Gasteiger partial charge < -0.3 is 5.32 Å². The van der Waals surface area contributed by atoms with E-state index in [0.717, 1.165) is 5.69 Å². The van der Waals surface area contributed by atoms with Crippen LogP contribution in [0.1, 0.15) is 19.8 Å². The van der Waals surface area contributed by atoms with Gasteiger partial charge in [0.1, 0.15) is 0 Å². The number of hydrogen-bond acceptors (Lipinski definition) is 4. The molecule has 0 aromatic heterocycles. The Morgan fingerprint density at radius 2 is 2.12 bits per heavy atom. The molecule has 0 fully saturated rings. The van der Waals surface area contributed by atoms with Gasteiger partial charge in [0, 0.05) is 10.6 Å². The molecule has 2 rings (SSSR count). The molecule has 1 atom stereocenters. The molecule has 0 saturated heterocycles. The van der Waals surface area contributed by atoms with Gasteiger partial charge in [-0.05, 0) is 31.9 Å². The molecular weight excluding hydrogens is 258 g/mol. The van der Waals surface area contributed by atoms with Gasteiger partial charge in [-0.2, -0.15) is 8.42 Å². The smallest absolute Gasteiger partial charge is 0.264 e. The topological polar surface area (TPSA) is 66.4 Å². The molecule has 0 radical (unpaired) electrons. The molecule has 4 nitrogen and oxygen atoms in total. The molecule has 0 amide bonds. The fourth-order valence-electron chi connectivity index (χ4n) is 1.92. The fourth-order valence-corrected chi connectivity index (χ4v) is 3.69. The highest BCUT2D eigenvalue weighted by Gasteiger charge is 2.32. The van der Waals surface area contributed by atoms with E-state index < -0.39 is 10.1 Å². The second kappa shape index (κ2) is 4.51. The molecule has 1 unspecified atom stereocenters. The summed E-state index contributed by atoms with van der Waals surface area (Å²) in [7, 11) is -3.85. The van der Waals surface area contributed by atoms with Crippen LogP contribution in [0.4, 0.5) is 5.69 Å². The summed E-state index contributed by atoms with van der Waals surface area (Å²) in [4.78, 5) is 0.996. The lowest BCUT2D eigenvalue weighted by atomic mass is 10.2. The zero-order valence-electron chi connectivity index (χ0n) is 9.51. The van der Waals surface area contributed by atoms with E-state index in [1.54, 1.807) is 11.8 Å². The lowest BCUT2D eigenvalue weighted by Crippen LogP contribution is -2.27. The minimum Gasteiger partial charge on any atom is -0.370 e. The monoisotopic (exact) mass is 273 g/mol.